The van der Waals surface area contributed by atoms with E-state index in [1.54, 1.807) is 6.92 Å². The lowest BCUT2D eigenvalue weighted by atomic mass is 10.1. The summed E-state index contributed by atoms with van der Waals surface area (Å²) >= 11 is 7.50. The first-order valence-corrected chi connectivity index (χ1v) is 11.5. The van der Waals surface area contributed by atoms with Gasteiger partial charge in [-0.25, -0.2) is 19.6 Å². The fourth-order valence-electron chi connectivity index (χ4n) is 3.77. The molecule has 0 spiro atoms. The van der Waals surface area contributed by atoms with Gasteiger partial charge in [0.05, 0.1) is 5.69 Å². The highest BCUT2D eigenvalue weighted by molar-refractivity contribution is 7.17. The minimum absolute atomic E-state index is 0.159. The van der Waals surface area contributed by atoms with Gasteiger partial charge in [-0.1, -0.05) is 52.4 Å². The normalized spacial score (nSPS) is 13.1. The van der Waals surface area contributed by atoms with Crippen molar-refractivity contribution in [2.45, 2.75) is 26.3 Å². The van der Waals surface area contributed by atoms with E-state index in [0.717, 1.165) is 53.2 Å². The van der Waals surface area contributed by atoms with Crippen molar-refractivity contribution < 1.29 is 14.4 Å². The number of rotatable bonds is 6. The molecule has 4 aromatic rings. The lowest BCUT2D eigenvalue weighted by Gasteiger charge is -2.30. The number of carboxylic acid groups (broad SMARTS) is 1. The topological polar surface area (TPSA) is 150 Å². The molecule has 0 atom stereocenters. The number of carboxylic acids is 1. The average molecular weight is 500 g/mol. The van der Waals surface area contributed by atoms with Crippen LogP contribution in [0.1, 0.15) is 32.9 Å². The van der Waals surface area contributed by atoms with Gasteiger partial charge in [0.2, 0.25) is 5.95 Å². The van der Waals surface area contributed by atoms with Crippen molar-refractivity contribution in [1.29, 1.82) is 0 Å². The molecule has 3 aromatic heterocycles. The van der Waals surface area contributed by atoms with Gasteiger partial charge in [0.15, 0.2) is 11.0 Å². The van der Waals surface area contributed by atoms with Crippen LogP contribution in [0.15, 0.2) is 33.6 Å². The number of hydrogen-bond acceptors (Lipinski definition) is 10. The Morgan fingerprint density at radius 3 is 2.76 bits per heavy atom. The lowest BCUT2D eigenvalue weighted by Crippen LogP contribution is -2.30. The molecule has 0 fully saturated rings. The standard InChI is InChI=1S/C21H18ClN7O4S/c1-10-14(18(30)31)34-20(23-10)27-19-24-15(22)13-3-2-8-29(17(13)26-19)9-11-4-6-12(7-5-11)16-25-21(32)33-28-16/h4-7H,2-3,8-9H2,1H3,(H,30,31)(H,25,28,32)(H,23,24,26,27). The van der Waals surface area contributed by atoms with Crippen molar-refractivity contribution in [2.24, 2.45) is 0 Å². The second-order valence-electron chi connectivity index (χ2n) is 7.67. The van der Waals surface area contributed by atoms with E-state index in [9.17, 15) is 14.7 Å². The van der Waals surface area contributed by atoms with E-state index >= 15 is 0 Å². The number of H-pyrrole nitrogens is 1. The molecule has 0 bridgehead atoms. The fourth-order valence-corrected chi connectivity index (χ4v) is 4.83. The molecule has 0 aliphatic carbocycles. The molecule has 0 saturated heterocycles. The van der Waals surface area contributed by atoms with E-state index < -0.39 is 11.7 Å². The smallest absolute Gasteiger partial charge is 0.439 e. The molecule has 174 valence electrons. The monoisotopic (exact) mass is 499 g/mol. The number of benzene rings is 1. The van der Waals surface area contributed by atoms with Gasteiger partial charge >= 0.3 is 11.7 Å². The van der Waals surface area contributed by atoms with E-state index in [1.165, 1.54) is 0 Å². The minimum Gasteiger partial charge on any atom is -0.477 e. The van der Waals surface area contributed by atoms with Crippen LogP contribution in [-0.2, 0) is 13.0 Å². The Balaban J connectivity index is 1.39. The van der Waals surface area contributed by atoms with Gasteiger partial charge in [-0.15, -0.1) is 0 Å². The summed E-state index contributed by atoms with van der Waals surface area (Å²) in [6.07, 6.45) is 1.68. The number of nitrogens with one attached hydrogen (secondary N) is 2. The molecule has 1 aliphatic heterocycles. The number of anilines is 3. The molecule has 0 amide bonds. The van der Waals surface area contributed by atoms with Crippen LogP contribution in [0.3, 0.4) is 0 Å². The third kappa shape index (κ3) is 4.37. The Hall–Kier alpha value is -3.77. The summed E-state index contributed by atoms with van der Waals surface area (Å²) in [7, 11) is 0. The Morgan fingerprint density at radius 2 is 2.09 bits per heavy atom. The van der Waals surface area contributed by atoms with Crippen molar-refractivity contribution in [3.05, 3.63) is 61.7 Å². The van der Waals surface area contributed by atoms with Gasteiger partial charge in [0.1, 0.15) is 15.8 Å². The molecule has 4 heterocycles. The maximum Gasteiger partial charge on any atom is 0.439 e. The lowest BCUT2D eigenvalue weighted by molar-refractivity contribution is 0.0701. The number of nitrogens with zero attached hydrogens (tertiary/aromatic N) is 5. The molecule has 11 nitrogen and oxygen atoms in total. The number of aryl methyl sites for hydroxylation is 1. The van der Waals surface area contributed by atoms with E-state index in [1.807, 2.05) is 24.3 Å². The zero-order chi connectivity index (χ0) is 23.8. The largest absolute Gasteiger partial charge is 0.477 e. The van der Waals surface area contributed by atoms with E-state index in [0.29, 0.717) is 28.3 Å². The second-order valence-corrected chi connectivity index (χ2v) is 9.03. The Kier molecular flexibility index (Phi) is 5.75. The molecule has 0 unspecified atom stereocenters. The quantitative estimate of drug-likeness (QED) is 0.335. The van der Waals surface area contributed by atoms with Gasteiger partial charge in [-0.05, 0) is 25.3 Å². The van der Waals surface area contributed by atoms with Crippen LogP contribution in [-0.4, -0.2) is 42.7 Å². The highest BCUT2D eigenvalue weighted by Crippen LogP contribution is 2.33. The number of thiazole rings is 1. The predicted molar refractivity (Wildman–Crippen MR) is 126 cm³/mol. The SMILES string of the molecule is Cc1nc(Nc2nc(Cl)c3c(n2)N(Cc2ccc(-c4noc(=O)[nH]4)cc2)CCC3)sc1C(=O)O. The number of aromatic amines is 1. The van der Waals surface area contributed by atoms with Crippen LogP contribution < -0.4 is 16.0 Å². The summed E-state index contributed by atoms with van der Waals surface area (Å²) < 4.78 is 4.56. The molecular formula is C21H18ClN7O4S. The Morgan fingerprint density at radius 1 is 1.29 bits per heavy atom. The van der Waals surface area contributed by atoms with E-state index in [4.69, 9.17) is 11.6 Å². The van der Waals surface area contributed by atoms with Gasteiger partial charge in [0, 0.05) is 24.2 Å². The average Bonchev–Trinajstić information content (AvgIpc) is 3.40. The number of aromatic nitrogens is 5. The first kappa shape index (κ1) is 22.0. The number of halogens is 1. The molecule has 0 saturated carbocycles. The van der Waals surface area contributed by atoms with E-state index in [-0.39, 0.29) is 10.8 Å². The molecule has 5 rings (SSSR count). The molecule has 1 aliphatic rings. The summed E-state index contributed by atoms with van der Waals surface area (Å²) in [6, 6.07) is 7.62. The minimum atomic E-state index is -1.03. The summed E-state index contributed by atoms with van der Waals surface area (Å²) in [5.41, 5.74) is 3.07. The second kappa shape index (κ2) is 8.88. The Labute approximate surface area is 201 Å². The van der Waals surface area contributed by atoms with Crippen molar-refractivity contribution in [3.8, 4) is 11.4 Å². The van der Waals surface area contributed by atoms with Gasteiger partial charge in [0.25, 0.3) is 0 Å². The van der Waals surface area contributed by atoms with Crippen LogP contribution in [0.5, 0.6) is 0 Å². The highest BCUT2D eigenvalue weighted by Gasteiger charge is 2.24. The van der Waals surface area contributed by atoms with Crippen LogP contribution in [0.25, 0.3) is 11.4 Å². The van der Waals surface area contributed by atoms with Crippen molar-refractivity contribution >= 4 is 45.8 Å². The molecule has 13 heteroatoms. The maximum atomic E-state index is 11.3. The number of aromatic carboxylic acids is 1. The van der Waals surface area contributed by atoms with Gasteiger partial charge in [-0.2, -0.15) is 4.98 Å². The summed E-state index contributed by atoms with van der Waals surface area (Å²) in [4.78, 5) is 40.6. The fraction of sp³-hybridized carbons (Fsp3) is 0.238. The van der Waals surface area contributed by atoms with Gasteiger partial charge in [-0.3, -0.25) is 14.8 Å². The van der Waals surface area contributed by atoms with Crippen LogP contribution in [0.2, 0.25) is 5.15 Å². The molecule has 1 aromatic carbocycles. The first-order chi connectivity index (χ1) is 16.4. The third-order valence-electron chi connectivity index (χ3n) is 5.34. The van der Waals surface area contributed by atoms with Crippen molar-refractivity contribution in [2.75, 3.05) is 16.8 Å². The summed E-state index contributed by atoms with van der Waals surface area (Å²) in [5, 5.41) is 16.7. The molecular weight excluding hydrogens is 482 g/mol. The molecule has 0 radical (unpaired) electrons. The summed E-state index contributed by atoms with van der Waals surface area (Å²) in [6.45, 7) is 3.02. The zero-order valence-corrected chi connectivity index (χ0v) is 19.4. The zero-order valence-electron chi connectivity index (χ0n) is 17.8. The number of carbonyl (C=O) groups is 1. The summed E-state index contributed by atoms with van der Waals surface area (Å²) in [5.74, 6) is -0.271. The highest BCUT2D eigenvalue weighted by atomic mass is 35.5. The predicted octanol–water partition coefficient (Wildman–Crippen LogP) is 3.63. The van der Waals surface area contributed by atoms with Gasteiger partial charge < -0.3 is 10.0 Å². The van der Waals surface area contributed by atoms with E-state index in [2.05, 4.69) is 39.8 Å². The Bertz CT molecular complexity index is 1430. The maximum absolute atomic E-state index is 11.3. The van der Waals surface area contributed by atoms with Crippen LogP contribution in [0, 0.1) is 6.92 Å². The van der Waals surface area contributed by atoms with Crippen molar-refractivity contribution in [3.63, 3.8) is 0 Å². The van der Waals surface area contributed by atoms with Crippen LogP contribution >= 0.6 is 22.9 Å². The van der Waals surface area contributed by atoms with Crippen LogP contribution in [0.4, 0.5) is 16.9 Å². The third-order valence-corrected chi connectivity index (χ3v) is 6.71. The number of hydrogen-bond donors (Lipinski definition) is 3. The molecule has 34 heavy (non-hydrogen) atoms. The first-order valence-electron chi connectivity index (χ1n) is 10.3. The number of fused-ring (bicyclic) bond motifs is 1. The molecule has 3 N–H and O–H groups in total. The van der Waals surface area contributed by atoms with Crippen molar-refractivity contribution in [1.82, 2.24) is 25.1 Å².